The maximum atomic E-state index is 13.1. The van der Waals surface area contributed by atoms with E-state index in [4.69, 9.17) is 10.2 Å². The van der Waals surface area contributed by atoms with Crippen molar-refractivity contribution in [1.29, 1.82) is 5.26 Å². The third-order valence-corrected chi connectivity index (χ3v) is 5.80. The van der Waals surface area contributed by atoms with Crippen LogP contribution in [0.2, 0.25) is 0 Å². The maximum absolute atomic E-state index is 13.1. The fraction of sp³-hybridized carbons (Fsp3) is 0.333. The standard InChI is InChI=1S/C24H26N6O/c1-3-16-4-6-18(7-5-16)22-21(19-8-9-20(12-25)27-15-19)29-23(24(31)30(22)2)28-14-17-10-11-26-13-17/h4-9,15,17,26H,3,10-11,13-14H2,1-2H3,(H,28,29)/t17-/m0/s1. The molecule has 0 radical (unpaired) electrons. The number of nitrogens with one attached hydrogen (secondary N) is 2. The van der Waals surface area contributed by atoms with Crippen molar-refractivity contribution in [3.05, 3.63) is 64.2 Å². The summed E-state index contributed by atoms with van der Waals surface area (Å²) in [4.78, 5) is 22.1. The van der Waals surface area contributed by atoms with Crippen LogP contribution in [-0.4, -0.2) is 34.2 Å². The lowest BCUT2D eigenvalue weighted by Crippen LogP contribution is -2.27. The number of nitriles is 1. The molecule has 2 N–H and O–H groups in total. The van der Waals surface area contributed by atoms with Gasteiger partial charge in [0.2, 0.25) is 0 Å². The highest BCUT2D eigenvalue weighted by Gasteiger charge is 2.20. The smallest absolute Gasteiger partial charge is 0.293 e. The Morgan fingerprint density at radius 2 is 2.00 bits per heavy atom. The molecule has 1 atom stereocenters. The first-order valence-electron chi connectivity index (χ1n) is 10.6. The number of pyridine rings is 1. The fourth-order valence-electron chi connectivity index (χ4n) is 3.91. The Balaban J connectivity index is 1.82. The lowest BCUT2D eigenvalue weighted by Gasteiger charge is -2.17. The monoisotopic (exact) mass is 414 g/mol. The minimum absolute atomic E-state index is 0.161. The van der Waals surface area contributed by atoms with E-state index in [0.29, 0.717) is 29.7 Å². The van der Waals surface area contributed by atoms with E-state index in [0.717, 1.165) is 42.8 Å². The Morgan fingerprint density at radius 3 is 2.61 bits per heavy atom. The molecule has 4 rings (SSSR count). The molecule has 3 heterocycles. The fourth-order valence-corrected chi connectivity index (χ4v) is 3.91. The maximum Gasteiger partial charge on any atom is 0.293 e. The van der Waals surface area contributed by atoms with Crippen LogP contribution in [0.15, 0.2) is 47.4 Å². The third-order valence-electron chi connectivity index (χ3n) is 5.80. The van der Waals surface area contributed by atoms with Crippen LogP contribution in [0.1, 0.15) is 24.6 Å². The van der Waals surface area contributed by atoms with Crippen molar-refractivity contribution in [2.24, 2.45) is 13.0 Å². The molecule has 1 aliphatic heterocycles. The summed E-state index contributed by atoms with van der Waals surface area (Å²) in [5.41, 5.74) is 4.47. The van der Waals surface area contributed by atoms with Crippen LogP contribution in [0.5, 0.6) is 0 Å². The Bertz CT molecular complexity index is 1150. The molecule has 3 aromatic rings. The van der Waals surface area contributed by atoms with E-state index in [1.54, 1.807) is 23.9 Å². The molecule has 0 bridgehead atoms. The van der Waals surface area contributed by atoms with Gasteiger partial charge < -0.3 is 15.2 Å². The first-order valence-corrected chi connectivity index (χ1v) is 10.6. The number of anilines is 1. The minimum Gasteiger partial charge on any atom is -0.365 e. The summed E-state index contributed by atoms with van der Waals surface area (Å²) < 4.78 is 1.65. The summed E-state index contributed by atoms with van der Waals surface area (Å²) in [6, 6.07) is 13.7. The van der Waals surface area contributed by atoms with Gasteiger partial charge in [0.05, 0.1) is 11.4 Å². The van der Waals surface area contributed by atoms with Gasteiger partial charge in [-0.2, -0.15) is 5.26 Å². The lowest BCUT2D eigenvalue weighted by atomic mass is 10.0. The van der Waals surface area contributed by atoms with Gasteiger partial charge in [-0.15, -0.1) is 0 Å². The molecule has 1 saturated heterocycles. The average Bonchev–Trinajstić information content (AvgIpc) is 3.34. The molecule has 2 aromatic heterocycles. The van der Waals surface area contributed by atoms with Gasteiger partial charge in [0.1, 0.15) is 11.8 Å². The molecular weight excluding hydrogens is 388 g/mol. The molecule has 0 saturated carbocycles. The summed E-state index contributed by atoms with van der Waals surface area (Å²) in [5, 5.41) is 15.7. The second kappa shape index (κ2) is 9.11. The van der Waals surface area contributed by atoms with Gasteiger partial charge in [0, 0.05) is 30.9 Å². The predicted molar refractivity (Wildman–Crippen MR) is 122 cm³/mol. The van der Waals surface area contributed by atoms with Gasteiger partial charge in [0.25, 0.3) is 5.56 Å². The highest BCUT2D eigenvalue weighted by molar-refractivity contribution is 5.79. The number of aryl methyl sites for hydroxylation is 1. The Labute approximate surface area is 181 Å². The van der Waals surface area contributed by atoms with Crippen molar-refractivity contribution < 1.29 is 0 Å². The van der Waals surface area contributed by atoms with Crippen molar-refractivity contribution in [3.8, 4) is 28.6 Å². The van der Waals surface area contributed by atoms with Crippen LogP contribution in [-0.2, 0) is 13.5 Å². The number of hydrogen-bond donors (Lipinski definition) is 2. The van der Waals surface area contributed by atoms with Gasteiger partial charge in [-0.05, 0) is 49.5 Å². The van der Waals surface area contributed by atoms with Crippen LogP contribution in [0.3, 0.4) is 0 Å². The Kier molecular flexibility index (Phi) is 6.10. The molecule has 0 amide bonds. The van der Waals surface area contributed by atoms with Crippen LogP contribution in [0, 0.1) is 17.2 Å². The SMILES string of the molecule is CCc1ccc(-c2c(-c3ccc(C#N)nc3)nc(NC[C@H]3CCNC3)c(=O)n2C)cc1. The summed E-state index contributed by atoms with van der Waals surface area (Å²) in [5.74, 6) is 0.815. The Morgan fingerprint density at radius 1 is 1.23 bits per heavy atom. The van der Waals surface area contributed by atoms with Crippen molar-refractivity contribution in [1.82, 2.24) is 19.9 Å². The van der Waals surface area contributed by atoms with Crippen LogP contribution in [0.25, 0.3) is 22.5 Å². The Hall–Kier alpha value is -3.50. The van der Waals surface area contributed by atoms with E-state index in [1.807, 2.05) is 24.3 Å². The average molecular weight is 415 g/mol. The highest BCUT2D eigenvalue weighted by atomic mass is 16.1. The zero-order valence-electron chi connectivity index (χ0n) is 17.9. The van der Waals surface area contributed by atoms with Crippen molar-refractivity contribution in [3.63, 3.8) is 0 Å². The highest BCUT2D eigenvalue weighted by Crippen LogP contribution is 2.30. The molecule has 0 aliphatic carbocycles. The first kappa shape index (κ1) is 20.8. The van der Waals surface area contributed by atoms with E-state index in [-0.39, 0.29) is 5.56 Å². The van der Waals surface area contributed by atoms with E-state index >= 15 is 0 Å². The van der Waals surface area contributed by atoms with E-state index in [2.05, 4.69) is 34.7 Å². The topological polar surface area (TPSA) is 95.6 Å². The second-order valence-electron chi connectivity index (χ2n) is 7.86. The molecule has 1 fully saturated rings. The number of hydrogen-bond acceptors (Lipinski definition) is 6. The zero-order chi connectivity index (χ0) is 21.8. The van der Waals surface area contributed by atoms with Gasteiger partial charge in [-0.3, -0.25) is 4.79 Å². The summed E-state index contributed by atoms with van der Waals surface area (Å²) >= 11 is 0. The number of benzene rings is 1. The van der Waals surface area contributed by atoms with Crippen LogP contribution in [0.4, 0.5) is 5.82 Å². The predicted octanol–water partition coefficient (Wildman–Crippen LogP) is 2.96. The first-order chi connectivity index (χ1) is 15.1. The molecule has 31 heavy (non-hydrogen) atoms. The largest absolute Gasteiger partial charge is 0.365 e. The molecule has 1 aliphatic rings. The molecule has 0 unspecified atom stereocenters. The van der Waals surface area contributed by atoms with Crippen molar-refractivity contribution in [2.45, 2.75) is 19.8 Å². The minimum atomic E-state index is -0.161. The van der Waals surface area contributed by atoms with Gasteiger partial charge in [-0.1, -0.05) is 31.2 Å². The van der Waals surface area contributed by atoms with E-state index < -0.39 is 0 Å². The van der Waals surface area contributed by atoms with Gasteiger partial charge in [-0.25, -0.2) is 9.97 Å². The van der Waals surface area contributed by atoms with Crippen molar-refractivity contribution in [2.75, 3.05) is 25.0 Å². The van der Waals surface area contributed by atoms with E-state index in [9.17, 15) is 4.79 Å². The molecule has 158 valence electrons. The summed E-state index contributed by atoms with van der Waals surface area (Å²) in [6.07, 6.45) is 3.67. The quantitative estimate of drug-likeness (QED) is 0.644. The summed E-state index contributed by atoms with van der Waals surface area (Å²) in [7, 11) is 1.77. The van der Waals surface area contributed by atoms with Gasteiger partial charge in [0.15, 0.2) is 5.82 Å². The van der Waals surface area contributed by atoms with Crippen LogP contribution < -0.4 is 16.2 Å². The number of nitrogens with zero attached hydrogens (tertiary/aromatic N) is 4. The third kappa shape index (κ3) is 4.35. The van der Waals surface area contributed by atoms with Gasteiger partial charge >= 0.3 is 0 Å². The molecule has 7 heteroatoms. The molecule has 1 aromatic carbocycles. The molecule has 7 nitrogen and oxygen atoms in total. The molecular formula is C24H26N6O. The van der Waals surface area contributed by atoms with Crippen molar-refractivity contribution >= 4 is 5.82 Å². The number of aromatic nitrogens is 3. The zero-order valence-corrected chi connectivity index (χ0v) is 17.9. The van der Waals surface area contributed by atoms with Crippen LogP contribution >= 0.6 is 0 Å². The number of rotatable bonds is 6. The molecule has 0 spiro atoms. The normalized spacial score (nSPS) is 15.6. The second-order valence-corrected chi connectivity index (χ2v) is 7.86. The van der Waals surface area contributed by atoms with E-state index in [1.165, 1.54) is 5.56 Å². The summed E-state index contributed by atoms with van der Waals surface area (Å²) in [6.45, 7) is 4.76. The lowest BCUT2D eigenvalue weighted by molar-refractivity contribution is 0.613.